The van der Waals surface area contributed by atoms with Gasteiger partial charge in [-0.25, -0.2) is 4.68 Å². The first-order chi connectivity index (χ1) is 7.36. The molecule has 3 N–H and O–H groups in total. The molecule has 6 nitrogen and oxygen atoms in total. The second kappa shape index (κ2) is 4.73. The normalized spacial score (nSPS) is 11.5. The third-order valence-corrected chi connectivity index (χ3v) is 2.89. The maximum Gasteiger partial charge on any atom is 0.230 e. The first-order valence-corrected chi connectivity index (χ1v) is 5.89. The summed E-state index contributed by atoms with van der Waals surface area (Å²) < 4.78 is 1.44. The average molecular weight is 243 g/mol. The molecule has 1 amide bonds. The van der Waals surface area contributed by atoms with Crippen molar-refractivity contribution in [3.8, 4) is 0 Å². The van der Waals surface area contributed by atoms with Crippen LogP contribution >= 0.6 is 11.8 Å². The second-order valence-corrected chi connectivity index (χ2v) is 5.33. The molecule has 0 spiro atoms. The molecule has 0 saturated carbocycles. The van der Waals surface area contributed by atoms with Gasteiger partial charge in [0.1, 0.15) is 0 Å². The van der Waals surface area contributed by atoms with Crippen molar-refractivity contribution in [2.75, 3.05) is 18.6 Å². The lowest BCUT2D eigenvalue weighted by Gasteiger charge is -2.16. The SMILES string of the molecule is CNC(=O)CSc1nnc(C(C)(C)C)n1N. The Kier molecular flexibility index (Phi) is 3.79. The number of carbonyl (C=O) groups excluding carboxylic acids is 1. The van der Waals surface area contributed by atoms with Crippen LogP contribution in [0.15, 0.2) is 5.16 Å². The van der Waals surface area contributed by atoms with Gasteiger partial charge >= 0.3 is 0 Å². The zero-order valence-corrected chi connectivity index (χ0v) is 10.8. The smallest absolute Gasteiger partial charge is 0.230 e. The lowest BCUT2D eigenvalue weighted by molar-refractivity contribution is -0.118. The first-order valence-electron chi connectivity index (χ1n) is 4.90. The molecule has 0 aliphatic heterocycles. The lowest BCUT2D eigenvalue weighted by Crippen LogP contribution is -2.24. The molecule has 1 rings (SSSR count). The summed E-state index contributed by atoms with van der Waals surface area (Å²) in [5, 5.41) is 11.1. The van der Waals surface area contributed by atoms with Gasteiger partial charge in [0.05, 0.1) is 5.75 Å². The highest BCUT2D eigenvalue weighted by molar-refractivity contribution is 7.99. The van der Waals surface area contributed by atoms with Crippen molar-refractivity contribution in [1.29, 1.82) is 0 Å². The van der Waals surface area contributed by atoms with Crippen LogP contribution in [0.4, 0.5) is 0 Å². The van der Waals surface area contributed by atoms with Gasteiger partial charge in [-0.3, -0.25) is 4.79 Å². The summed E-state index contributed by atoms with van der Waals surface area (Å²) >= 11 is 1.27. The Morgan fingerprint density at radius 2 is 2.12 bits per heavy atom. The third kappa shape index (κ3) is 2.88. The van der Waals surface area contributed by atoms with E-state index >= 15 is 0 Å². The van der Waals surface area contributed by atoms with Gasteiger partial charge in [0.25, 0.3) is 0 Å². The molecular weight excluding hydrogens is 226 g/mol. The molecule has 0 aliphatic carbocycles. The molecule has 0 aliphatic rings. The number of hydrogen-bond donors (Lipinski definition) is 2. The minimum absolute atomic E-state index is 0.0645. The van der Waals surface area contributed by atoms with Crippen molar-refractivity contribution in [3.63, 3.8) is 0 Å². The third-order valence-electron chi connectivity index (χ3n) is 1.95. The fraction of sp³-hybridized carbons (Fsp3) is 0.667. The van der Waals surface area contributed by atoms with Crippen molar-refractivity contribution < 1.29 is 4.79 Å². The molecule has 90 valence electrons. The van der Waals surface area contributed by atoms with E-state index in [-0.39, 0.29) is 17.1 Å². The topological polar surface area (TPSA) is 85.8 Å². The molecular formula is C9H17N5OS. The van der Waals surface area contributed by atoms with Crippen molar-refractivity contribution in [2.45, 2.75) is 31.3 Å². The Morgan fingerprint density at radius 3 is 2.56 bits per heavy atom. The number of nitrogens with zero attached hydrogens (tertiary/aromatic N) is 3. The Morgan fingerprint density at radius 1 is 1.50 bits per heavy atom. The highest BCUT2D eigenvalue weighted by Crippen LogP contribution is 2.22. The largest absolute Gasteiger partial charge is 0.358 e. The van der Waals surface area contributed by atoms with Crippen LogP contribution in [0.5, 0.6) is 0 Å². The van der Waals surface area contributed by atoms with E-state index in [9.17, 15) is 4.79 Å². The maximum atomic E-state index is 11.1. The molecule has 7 heteroatoms. The summed E-state index contributed by atoms with van der Waals surface area (Å²) in [7, 11) is 1.59. The highest BCUT2D eigenvalue weighted by atomic mass is 32.2. The van der Waals surface area contributed by atoms with E-state index < -0.39 is 0 Å². The highest BCUT2D eigenvalue weighted by Gasteiger charge is 2.23. The summed E-state index contributed by atoms with van der Waals surface area (Å²) in [6, 6.07) is 0. The minimum Gasteiger partial charge on any atom is -0.358 e. The molecule has 0 unspecified atom stereocenters. The summed E-state index contributed by atoms with van der Waals surface area (Å²) in [5.41, 5.74) is -0.159. The Hall–Kier alpha value is -1.24. The van der Waals surface area contributed by atoms with Gasteiger partial charge in [-0.15, -0.1) is 10.2 Å². The van der Waals surface area contributed by atoms with Gasteiger partial charge in [-0.2, -0.15) is 0 Å². The number of nitrogens with two attached hydrogens (primary N) is 1. The van der Waals surface area contributed by atoms with Gasteiger partial charge in [0, 0.05) is 12.5 Å². The predicted octanol–water partition coefficient (Wildman–Crippen LogP) is 0.128. The maximum absolute atomic E-state index is 11.1. The molecule has 0 bridgehead atoms. The van der Waals surface area contributed by atoms with Gasteiger partial charge in [0.2, 0.25) is 11.1 Å². The van der Waals surface area contributed by atoms with Crippen molar-refractivity contribution >= 4 is 17.7 Å². The van der Waals surface area contributed by atoms with Crippen molar-refractivity contribution in [3.05, 3.63) is 5.82 Å². The van der Waals surface area contributed by atoms with E-state index in [1.165, 1.54) is 16.4 Å². The van der Waals surface area contributed by atoms with E-state index in [2.05, 4.69) is 15.5 Å². The molecule has 1 heterocycles. The molecule has 0 radical (unpaired) electrons. The number of thioether (sulfide) groups is 1. The summed E-state index contributed by atoms with van der Waals surface area (Å²) in [5.74, 6) is 6.78. The van der Waals surface area contributed by atoms with Gasteiger partial charge < -0.3 is 11.2 Å². The van der Waals surface area contributed by atoms with Crippen LogP contribution in [0.25, 0.3) is 0 Å². The van der Waals surface area contributed by atoms with Crippen LogP contribution in [-0.4, -0.2) is 33.6 Å². The van der Waals surface area contributed by atoms with Crippen LogP contribution in [-0.2, 0) is 10.2 Å². The number of rotatable bonds is 3. The van der Waals surface area contributed by atoms with E-state index in [1.807, 2.05) is 20.8 Å². The molecule has 0 fully saturated rings. The number of aromatic nitrogens is 3. The zero-order valence-electron chi connectivity index (χ0n) is 9.94. The fourth-order valence-electron chi connectivity index (χ4n) is 1.09. The predicted molar refractivity (Wildman–Crippen MR) is 63.7 cm³/mol. The molecule has 0 saturated heterocycles. The Bertz CT molecular complexity index is 382. The van der Waals surface area contributed by atoms with E-state index in [4.69, 9.17) is 5.84 Å². The van der Waals surface area contributed by atoms with E-state index in [0.29, 0.717) is 11.0 Å². The van der Waals surface area contributed by atoms with E-state index in [1.54, 1.807) is 7.05 Å². The molecule has 1 aromatic heterocycles. The second-order valence-electron chi connectivity index (χ2n) is 4.39. The quantitative estimate of drug-likeness (QED) is 0.582. The average Bonchev–Trinajstić information content (AvgIpc) is 2.55. The first kappa shape index (κ1) is 12.8. The Balaban J connectivity index is 2.77. The number of amides is 1. The monoisotopic (exact) mass is 243 g/mol. The minimum atomic E-state index is -0.159. The van der Waals surface area contributed by atoms with Crippen LogP contribution in [0.3, 0.4) is 0 Å². The number of nitrogens with one attached hydrogen (secondary N) is 1. The molecule has 0 aromatic carbocycles. The zero-order chi connectivity index (χ0) is 12.3. The van der Waals surface area contributed by atoms with Crippen LogP contribution in [0.1, 0.15) is 26.6 Å². The molecule has 0 atom stereocenters. The number of nitrogen functional groups attached to an aromatic ring is 1. The van der Waals surface area contributed by atoms with Crippen molar-refractivity contribution in [2.24, 2.45) is 0 Å². The van der Waals surface area contributed by atoms with Crippen LogP contribution in [0.2, 0.25) is 0 Å². The Labute approximate surface area is 99.0 Å². The van der Waals surface area contributed by atoms with Gasteiger partial charge in [-0.05, 0) is 0 Å². The summed E-state index contributed by atoms with van der Waals surface area (Å²) in [6.45, 7) is 6.02. The molecule has 1 aromatic rings. The standard InChI is InChI=1S/C9H17N5OS/c1-9(2,3)7-12-13-8(14(7)10)16-5-6(15)11-4/h5,10H2,1-4H3,(H,11,15). The summed E-state index contributed by atoms with van der Waals surface area (Å²) in [6.07, 6.45) is 0. The number of hydrogen-bond acceptors (Lipinski definition) is 5. The number of carbonyl (C=O) groups is 1. The van der Waals surface area contributed by atoms with E-state index in [0.717, 1.165) is 0 Å². The summed E-state index contributed by atoms with van der Waals surface area (Å²) in [4.78, 5) is 11.1. The van der Waals surface area contributed by atoms with Crippen molar-refractivity contribution in [1.82, 2.24) is 20.2 Å². The van der Waals surface area contributed by atoms with Gasteiger partial charge in [0.15, 0.2) is 5.82 Å². The lowest BCUT2D eigenvalue weighted by atomic mass is 9.96. The van der Waals surface area contributed by atoms with Crippen LogP contribution in [0, 0.1) is 0 Å². The molecule has 16 heavy (non-hydrogen) atoms. The fourth-order valence-corrected chi connectivity index (χ4v) is 1.82. The van der Waals surface area contributed by atoms with Crippen LogP contribution < -0.4 is 11.2 Å². The van der Waals surface area contributed by atoms with Gasteiger partial charge in [-0.1, -0.05) is 32.5 Å².